The van der Waals surface area contributed by atoms with Gasteiger partial charge in [0.1, 0.15) is 0 Å². The first kappa shape index (κ1) is 21.9. The summed E-state index contributed by atoms with van der Waals surface area (Å²) in [5.74, 6) is -0.604. The van der Waals surface area contributed by atoms with Gasteiger partial charge in [-0.25, -0.2) is 8.42 Å². The first-order valence-corrected chi connectivity index (χ1v) is 11.2. The van der Waals surface area contributed by atoms with Crippen LogP contribution in [-0.2, 0) is 14.8 Å². The van der Waals surface area contributed by atoms with Gasteiger partial charge in [-0.1, -0.05) is 23.8 Å². The minimum atomic E-state index is -3.61. The number of nitro benzene ring substituents is 1. The number of amides is 1. The molecule has 3 rings (SSSR count). The lowest BCUT2D eigenvalue weighted by Crippen LogP contribution is -2.41. The van der Waals surface area contributed by atoms with Crippen LogP contribution in [0.2, 0.25) is 0 Å². The van der Waals surface area contributed by atoms with Gasteiger partial charge in [-0.2, -0.15) is 4.31 Å². The number of nitro groups is 1. The molecule has 2 aromatic carbocycles. The number of carbonyl (C=O) groups is 1. The average molecular weight is 432 g/mol. The number of anilines is 1. The van der Waals surface area contributed by atoms with Crippen molar-refractivity contribution in [1.82, 2.24) is 4.31 Å². The Morgan fingerprint density at radius 3 is 2.33 bits per heavy atom. The van der Waals surface area contributed by atoms with Crippen LogP contribution < -0.4 is 5.32 Å². The van der Waals surface area contributed by atoms with Gasteiger partial charge in [0.25, 0.3) is 5.69 Å². The molecule has 0 saturated carbocycles. The van der Waals surface area contributed by atoms with E-state index >= 15 is 0 Å². The first-order chi connectivity index (χ1) is 14.1. The van der Waals surface area contributed by atoms with Crippen LogP contribution in [0.3, 0.4) is 0 Å². The van der Waals surface area contributed by atoms with Gasteiger partial charge in [0, 0.05) is 36.3 Å². The van der Waals surface area contributed by atoms with Crippen LogP contribution in [0.4, 0.5) is 11.4 Å². The largest absolute Gasteiger partial charge is 0.326 e. The minimum absolute atomic E-state index is 0.0535. The Morgan fingerprint density at radius 1 is 1.07 bits per heavy atom. The summed E-state index contributed by atoms with van der Waals surface area (Å²) >= 11 is 0. The maximum atomic E-state index is 13.0. The van der Waals surface area contributed by atoms with E-state index in [1.165, 1.54) is 10.4 Å². The fraction of sp³-hybridized carbons (Fsp3) is 0.381. The fourth-order valence-electron chi connectivity index (χ4n) is 3.71. The maximum Gasteiger partial charge on any atom is 0.274 e. The normalized spacial score (nSPS) is 15.7. The molecule has 0 bridgehead atoms. The van der Waals surface area contributed by atoms with Gasteiger partial charge < -0.3 is 5.32 Å². The maximum absolute atomic E-state index is 13.0. The predicted molar refractivity (Wildman–Crippen MR) is 114 cm³/mol. The second-order valence-electron chi connectivity index (χ2n) is 7.69. The zero-order valence-electron chi connectivity index (χ0n) is 17.2. The van der Waals surface area contributed by atoms with E-state index in [1.807, 2.05) is 13.0 Å². The second kappa shape index (κ2) is 8.53. The minimum Gasteiger partial charge on any atom is -0.326 e. The van der Waals surface area contributed by atoms with Gasteiger partial charge in [-0.3, -0.25) is 14.9 Å². The summed E-state index contributed by atoms with van der Waals surface area (Å²) in [6, 6.07) is 9.80. The molecule has 1 aliphatic heterocycles. The smallest absolute Gasteiger partial charge is 0.274 e. The number of nitrogens with zero attached hydrogens (tertiary/aromatic N) is 2. The molecule has 0 unspecified atom stereocenters. The molecule has 0 aromatic heterocycles. The monoisotopic (exact) mass is 431 g/mol. The highest BCUT2D eigenvalue weighted by Crippen LogP contribution is 2.28. The van der Waals surface area contributed by atoms with Gasteiger partial charge in [0.15, 0.2) is 0 Å². The lowest BCUT2D eigenvalue weighted by molar-refractivity contribution is -0.385. The highest BCUT2D eigenvalue weighted by molar-refractivity contribution is 7.89. The second-order valence-corrected chi connectivity index (χ2v) is 9.60. The van der Waals surface area contributed by atoms with Gasteiger partial charge in [0.2, 0.25) is 15.9 Å². The number of sulfonamides is 1. The molecule has 1 amide bonds. The van der Waals surface area contributed by atoms with Crippen molar-refractivity contribution in [3.8, 4) is 0 Å². The number of nitrogens with one attached hydrogen (secondary N) is 1. The number of rotatable bonds is 5. The highest BCUT2D eigenvalue weighted by Gasteiger charge is 2.33. The molecule has 0 atom stereocenters. The van der Waals surface area contributed by atoms with Crippen molar-refractivity contribution in [3.05, 3.63) is 63.2 Å². The van der Waals surface area contributed by atoms with Crippen LogP contribution in [0.1, 0.15) is 29.5 Å². The topological polar surface area (TPSA) is 110 Å². The molecule has 30 heavy (non-hydrogen) atoms. The van der Waals surface area contributed by atoms with Crippen molar-refractivity contribution < 1.29 is 18.1 Å². The molecule has 8 nitrogen and oxygen atoms in total. The quantitative estimate of drug-likeness (QED) is 0.575. The molecule has 160 valence electrons. The van der Waals surface area contributed by atoms with Crippen LogP contribution in [0.5, 0.6) is 0 Å². The molecule has 1 heterocycles. The predicted octanol–water partition coefficient (Wildman–Crippen LogP) is 3.56. The molecule has 1 saturated heterocycles. The van der Waals surface area contributed by atoms with Gasteiger partial charge >= 0.3 is 0 Å². The van der Waals surface area contributed by atoms with Crippen LogP contribution in [0, 0.1) is 36.8 Å². The molecule has 9 heteroatoms. The van der Waals surface area contributed by atoms with Crippen LogP contribution >= 0.6 is 0 Å². The molecular formula is C21H25N3O5S. The Labute approximate surface area is 176 Å². The molecule has 1 fully saturated rings. The Kier molecular flexibility index (Phi) is 6.23. The molecular weight excluding hydrogens is 406 g/mol. The van der Waals surface area contributed by atoms with Crippen molar-refractivity contribution in [2.24, 2.45) is 5.92 Å². The Balaban J connectivity index is 1.66. The molecule has 2 aromatic rings. The summed E-state index contributed by atoms with van der Waals surface area (Å²) in [7, 11) is -3.61. The lowest BCUT2D eigenvalue weighted by atomic mass is 9.97. The molecule has 1 aliphatic rings. The third-order valence-corrected chi connectivity index (χ3v) is 7.51. The molecule has 0 spiro atoms. The van der Waals surface area contributed by atoms with Gasteiger partial charge in [-0.05, 0) is 51.3 Å². The van der Waals surface area contributed by atoms with E-state index in [0.29, 0.717) is 34.6 Å². The van der Waals surface area contributed by atoms with E-state index in [2.05, 4.69) is 5.32 Å². The Hall–Kier alpha value is -2.78. The number of carbonyl (C=O) groups excluding carboxylic acids is 1. The van der Waals surface area contributed by atoms with E-state index < -0.39 is 14.9 Å². The van der Waals surface area contributed by atoms with E-state index in [4.69, 9.17) is 0 Å². The van der Waals surface area contributed by atoms with Crippen molar-refractivity contribution in [2.45, 2.75) is 38.5 Å². The van der Waals surface area contributed by atoms with Gasteiger partial charge in [0.05, 0.1) is 9.82 Å². The zero-order valence-corrected chi connectivity index (χ0v) is 18.0. The number of piperidine rings is 1. The molecule has 0 radical (unpaired) electrons. The Bertz CT molecular complexity index is 1090. The van der Waals surface area contributed by atoms with E-state index in [0.717, 1.165) is 5.56 Å². The molecule has 0 aliphatic carbocycles. The average Bonchev–Trinajstić information content (AvgIpc) is 2.69. The third kappa shape index (κ3) is 4.52. The standard InChI is InChI=1S/C21H25N3O5S/c1-14-4-7-20(16(3)12-14)30(28,29)23-10-8-17(9-11-23)21(25)22-18-6-5-15(2)19(13-18)24(26)27/h4-7,12-13,17H,8-11H2,1-3H3,(H,22,25). The van der Waals surface area contributed by atoms with Gasteiger partial charge in [-0.15, -0.1) is 0 Å². The third-order valence-electron chi connectivity index (χ3n) is 5.45. The summed E-state index contributed by atoms with van der Waals surface area (Å²) in [6.45, 7) is 5.83. The van der Waals surface area contributed by atoms with Crippen molar-refractivity contribution in [3.63, 3.8) is 0 Å². The number of benzene rings is 2. The summed E-state index contributed by atoms with van der Waals surface area (Å²) in [4.78, 5) is 23.5. The number of aryl methyl sites for hydroxylation is 3. The van der Waals surface area contributed by atoms with Crippen LogP contribution in [-0.4, -0.2) is 36.6 Å². The molecule has 1 N–H and O–H groups in total. The van der Waals surface area contributed by atoms with Crippen LogP contribution in [0.25, 0.3) is 0 Å². The van der Waals surface area contributed by atoms with Crippen molar-refractivity contribution in [1.29, 1.82) is 0 Å². The van der Waals surface area contributed by atoms with E-state index in [-0.39, 0.29) is 30.6 Å². The number of hydrogen-bond donors (Lipinski definition) is 1. The highest BCUT2D eigenvalue weighted by atomic mass is 32.2. The van der Waals surface area contributed by atoms with E-state index in [9.17, 15) is 23.3 Å². The number of hydrogen-bond acceptors (Lipinski definition) is 5. The lowest BCUT2D eigenvalue weighted by Gasteiger charge is -2.31. The summed E-state index contributed by atoms with van der Waals surface area (Å²) in [5.41, 5.74) is 2.53. The Morgan fingerprint density at radius 2 is 1.73 bits per heavy atom. The summed E-state index contributed by atoms with van der Waals surface area (Å²) in [5, 5.41) is 13.8. The SMILES string of the molecule is Cc1ccc(S(=O)(=O)N2CCC(C(=O)Nc3ccc(C)c([N+](=O)[O-])c3)CC2)c(C)c1. The zero-order chi connectivity index (χ0) is 22.1. The van der Waals surface area contributed by atoms with E-state index in [1.54, 1.807) is 38.1 Å². The van der Waals surface area contributed by atoms with Crippen LogP contribution in [0.15, 0.2) is 41.3 Å². The van der Waals surface area contributed by atoms with Crippen molar-refractivity contribution >= 4 is 27.3 Å². The first-order valence-electron chi connectivity index (χ1n) is 9.73. The fourth-order valence-corrected chi connectivity index (χ4v) is 5.39. The summed E-state index contributed by atoms with van der Waals surface area (Å²) in [6.07, 6.45) is 0.786. The van der Waals surface area contributed by atoms with Crippen molar-refractivity contribution in [2.75, 3.05) is 18.4 Å². The summed E-state index contributed by atoms with van der Waals surface area (Å²) < 4.78 is 27.4.